The van der Waals surface area contributed by atoms with E-state index in [1.807, 2.05) is 12.1 Å². The number of carboxylic acids is 1. The number of phenolic OH excluding ortho intramolecular Hbond substituents is 1. The molecule has 1 rings (SSSR count). The highest BCUT2D eigenvalue weighted by atomic mass is 16.4. The van der Waals surface area contributed by atoms with Gasteiger partial charge in [0.1, 0.15) is 11.8 Å². The fourth-order valence-corrected chi connectivity index (χ4v) is 2.04. The van der Waals surface area contributed by atoms with Crippen molar-refractivity contribution in [1.29, 1.82) is 10.5 Å². The van der Waals surface area contributed by atoms with Crippen LogP contribution < -0.4 is 0 Å². The molecule has 6 nitrogen and oxygen atoms in total. The van der Waals surface area contributed by atoms with E-state index in [9.17, 15) is 15.0 Å². The molecule has 0 aliphatic heterocycles. The van der Waals surface area contributed by atoms with Crippen LogP contribution in [0.3, 0.4) is 0 Å². The molecule has 0 saturated carbocycles. The van der Waals surface area contributed by atoms with Crippen molar-refractivity contribution in [2.45, 2.75) is 25.3 Å². The summed E-state index contributed by atoms with van der Waals surface area (Å²) in [5.41, 5.74) is 0.777. The second-order valence-corrected chi connectivity index (χ2v) is 4.58. The van der Waals surface area contributed by atoms with Crippen molar-refractivity contribution in [2.75, 3.05) is 13.1 Å². The zero-order valence-corrected chi connectivity index (χ0v) is 11.6. The summed E-state index contributed by atoms with van der Waals surface area (Å²) in [5.74, 6) is -0.865. The Morgan fingerprint density at radius 1 is 1.14 bits per heavy atom. The summed E-state index contributed by atoms with van der Waals surface area (Å²) in [6.45, 7) is 0.625. The zero-order valence-electron chi connectivity index (χ0n) is 11.6. The van der Waals surface area contributed by atoms with Gasteiger partial charge in [-0.1, -0.05) is 12.1 Å². The van der Waals surface area contributed by atoms with Gasteiger partial charge in [-0.25, -0.2) is 0 Å². The average Bonchev–Trinajstić information content (AvgIpc) is 2.47. The van der Waals surface area contributed by atoms with Crippen LogP contribution in [0.1, 0.15) is 18.4 Å². The summed E-state index contributed by atoms with van der Waals surface area (Å²) in [7, 11) is 0. The Kier molecular flexibility index (Phi) is 6.73. The molecule has 0 bridgehead atoms. The number of benzene rings is 1. The molecule has 2 N–H and O–H groups in total. The topological polar surface area (TPSA) is 108 Å². The predicted molar refractivity (Wildman–Crippen MR) is 75.3 cm³/mol. The number of nitriles is 2. The highest BCUT2D eigenvalue weighted by Crippen LogP contribution is 2.14. The van der Waals surface area contributed by atoms with Crippen LogP contribution in [0.4, 0.5) is 0 Å². The highest BCUT2D eigenvalue weighted by molar-refractivity contribution is 5.74. The van der Waals surface area contributed by atoms with Gasteiger partial charge in [0.2, 0.25) is 0 Å². The number of hydrogen-bond acceptors (Lipinski definition) is 5. The fourth-order valence-electron chi connectivity index (χ4n) is 2.04. The van der Waals surface area contributed by atoms with Crippen LogP contribution in [0, 0.1) is 22.7 Å². The molecule has 1 atom stereocenters. The van der Waals surface area contributed by atoms with E-state index in [0.717, 1.165) is 5.56 Å². The van der Waals surface area contributed by atoms with Crippen LogP contribution in [0.2, 0.25) is 0 Å². The summed E-state index contributed by atoms with van der Waals surface area (Å²) in [4.78, 5) is 13.1. The number of aromatic hydroxyl groups is 1. The molecule has 0 unspecified atom stereocenters. The lowest BCUT2D eigenvalue weighted by Gasteiger charge is -2.27. The minimum atomic E-state index is -0.987. The number of aliphatic carboxylic acids is 1. The maximum Gasteiger partial charge on any atom is 0.321 e. The van der Waals surface area contributed by atoms with Crippen molar-refractivity contribution < 1.29 is 15.0 Å². The molecule has 6 heteroatoms. The summed E-state index contributed by atoms with van der Waals surface area (Å²) in [6.07, 6.45) is 0.683. The minimum absolute atomic E-state index is 0.122. The first-order chi connectivity index (χ1) is 10.1. The zero-order chi connectivity index (χ0) is 15.7. The van der Waals surface area contributed by atoms with Crippen LogP contribution in [-0.2, 0) is 11.2 Å². The second-order valence-electron chi connectivity index (χ2n) is 4.58. The van der Waals surface area contributed by atoms with E-state index in [1.165, 1.54) is 12.1 Å². The third kappa shape index (κ3) is 5.52. The van der Waals surface area contributed by atoms with Crippen LogP contribution >= 0.6 is 0 Å². The molecule has 0 aromatic heterocycles. The molecule has 0 amide bonds. The van der Waals surface area contributed by atoms with Gasteiger partial charge in [-0.2, -0.15) is 10.5 Å². The maximum absolute atomic E-state index is 11.5. The average molecular weight is 287 g/mol. The molecule has 0 fully saturated rings. The number of carbonyl (C=O) groups is 1. The molecular weight excluding hydrogens is 270 g/mol. The van der Waals surface area contributed by atoms with E-state index < -0.39 is 12.0 Å². The Balaban J connectivity index is 2.85. The highest BCUT2D eigenvalue weighted by Gasteiger charge is 2.25. The van der Waals surface area contributed by atoms with Gasteiger partial charge in [-0.05, 0) is 24.1 Å². The molecule has 0 heterocycles. The first kappa shape index (κ1) is 16.5. The summed E-state index contributed by atoms with van der Waals surface area (Å²) in [6, 6.07) is 9.52. The van der Waals surface area contributed by atoms with Gasteiger partial charge in [0.25, 0.3) is 0 Å². The van der Waals surface area contributed by atoms with E-state index in [1.54, 1.807) is 17.0 Å². The predicted octanol–water partition coefficient (Wildman–Crippen LogP) is 1.52. The lowest BCUT2D eigenvalue weighted by molar-refractivity contribution is -0.143. The molecule has 0 spiro atoms. The molecule has 110 valence electrons. The van der Waals surface area contributed by atoms with Crippen LogP contribution in [0.15, 0.2) is 24.3 Å². The molecule has 1 aromatic rings. The smallest absolute Gasteiger partial charge is 0.321 e. The number of nitrogens with zero attached hydrogens (tertiary/aromatic N) is 3. The third-order valence-electron chi connectivity index (χ3n) is 3.11. The van der Waals surface area contributed by atoms with Crippen molar-refractivity contribution >= 4 is 5.97 Å². The van der Waals surface area contributed by atoms with Crippen molar-refractivity contribution in [3.63, 3.8) is 0 Å². The Morgan fingerprint density at radius 3 is 2.10 bits per heavy atom. The Hall–Kier alpha value is -2.57. The largest absolute Gasteiger partial charge is 0.508 e. The normalized spacial score (nSPS) is 11.6. The van der Waals surface area contributed by atoms with Crippen molar-refractivity contribution in [3.8, 4) is 17.9 Å². The van der Waals surface area contributed by atoms with Crippen LogP contribution in [-0.4, -0.2) is 40.2 Å². The van der Waals surface area contributed by atoms with Gasteiger partial charge in [0, 0.05) is 25.9 Å². The first-order valence-corrected chi connectivity index (χ1v) is 6.57. The standard InChI is InChI=1S/C15H17N3O3/c16-7-1-9-18(10-2-8-17)14(15(20)21)11-12-3-5-13(19)6-4-12/h3-6,14,19H,1-2,9-11H2,(H,20,21)/t14-/m0/s1. The quantitative estimate of drug-likeness (QED) is 0.750. The fraction of sp³-hybridized carbons (Fsp3) is 0.400. The Bertz CT molecular complexity index is 525. The lowest BCUT2D eigenvalue weighted by Crippen LogP contribution is -2.43. The van der Waals surface area contributed by atoms with Crippen LogP contribution in [0.5, 0.6) is 5.75 Å². The second kappa shape index (κ2) is 8.57. The molecule has 0 saturated heterocycles. The van der Waals surface area contributed by atoms with Gasteiger partial charge < -0.3 is 10.2 Å². The maximum atomic E-state index is 11.5. The van der Waals surface area contributed by atoms with Gasteiger partial charge in [-0.3, -0.25) is 9.69 Å². The van der Waals surface area contributed by atoms with Gasteiger partial charge in [-0.15, -0.1) is 0 Å². The van der Waals surface area contributed by atoms with E-state index in [-0.39, 0.29) is 25.0 Å². The van der Waals surface area contributed by atoms with Crippen LogP contribution in [0.25, 0.3) is 0 Å². The van der Waals surface area contributed by atoms with E-state index >= 15 is 0 Å². The SMILES string of the molecule is N#CCCN(CCC#N)[C@@H](Cc1ccc(O)cc1)C(=O)O. The summed E-state index contributed by atoms with van der Waals surface area (Å²) < 4.78 is 0. The number of hydrogen-bond donors (Lipinski definition) is 2. The molecule has 0 radical (unpaired) electrons. The van der Waals surface area contributed by atoms with E-state index in [2.05, 4.69) is 0 Å². The third-order valence-corrected chi connectivity index (χ3v) is 3.11. The summed E-state index contributed by atoms with van der Waals surface area (Å²) >= 11 is 0. The van der Waals surface area contributed by atoms with Gasteiger partial charge in [0.05, 0.1) is 12.1 Å². The Labute approximate surface area is 123 Å². The molecule has 21 heavy (non-hydrogen) atoms. The van der Waals surface area contributed by atoms with Gasteiger partial charge in [0.15, 0.2) is 0 Å². The Morgan fingerprint density at radius 2 is 1.67 bits per heavy atom. The monoisotopic (exact) mass is 287 g/mol. The molecule has 0 aliphatic carbocycles. The van der Waals surface area contributed by atoms with Crippen molar-refractivity contribution in [2.24, 2.45) is 0 Å². The number of phenols is 1. The van der Waals surface area contributed by atoms with Gasteiger partial charge >= 0.3 is 5.97 Å². The lowest BCUT2D eigenvalue weighted by atomic mass is 10.0. The number of rotatable bonds is 8. The van der Waals surface area contributed by atoms with E-state index in [4.69, 9.17) is 10.5 Å². The molecular formula is C15H17N3O3. The summed E-state index contributed by atoms with van der Waals surface area (Å²) in [5, 5.41) is 36.0. The van der Waals surface area contributed by atoms with Crippen molar-refractivity contribution in [3.05, 3.63) is 29.8 Å². The molecule has 0 aliphatic rings. The van der Waals surface area contributed by atoms with Crippen molar-refractivity contribution in [1.82, 2.24) is 4.90 Å². The first-order valence-electron chi connectivity index (χ1n) is 6.57. The van der Waals surface area contributed by atoms with E-state index in [0.29, 0.717) is 13.1 Å². The minimum Gasteiger partial charge on any atom is -0.508 e. The number of carboxylic acid groups (broad SMARTS) is 1. The molecule has 1 aromatic carbocycles.